The number of amides is 3. The summed E-state index contributed by atoms with van der Waals surface area (Å²) in [6.45, 7) is 1.76. The second-order valence-electron chi connectivity index (χ2n) is 10.1. The topological polar surface area (TPSA) is 88.5 Å². The maximum Gasteiger partial charge on any atom is 0.308 e. The second kappa shape index (κ2) is 10.1. The smallest absolute Gasteiger partial charge is 0.308 e. The highest BCUT2D eigenvalue weighted by atomic mass is 32.2. The van der Waals surface area contributed by atoms with Crippen LogP contribution >= 0.6 is 34.4 Å². The van der Waals surface area contributed by atoms with E-state index in [1.54, 1.807) is 12.1 Å². The Morgan fingerprint density at radius 3 is 2.44 bits per heavy atom. The lowest BCUT2D eigenvalue weighted by molar-refractivity contribution is -0.122. The Morgan fingerprint density at radius 2 is 1.68 bits per heavy atom. The Balaban J connectivity index is 1.23. The number of aryl methyl sites for hydroxylation is 1. The second-order valence-corrected chi connectivity index (χ2v) is 13.2. The molecule has 0 bridgehead atoms. The molecule has 3 aromatic carbocycles. The normalized spacial score (nSPS) is 19.8. The van der Waals surface area contributed by atoms with E-state index in [4.69, 9.17) is 0 Å². The van der Waals surface area contributed by atoms with Crippen molar-refractivity contribution < 1.29 is 14.4 Å². The van der Waals surface area contributed by atoms with Gasteiger partial charge in [0.25, 0.3) is 0 Å². The monoisotopic (exact) mass is 597 g/mol. The summed E-state index contributed by atoms with van der Waals surface area (Å²) in [6.07, 6.45) is 0. The van der Waals surface area contributed by atoms with E-state index in [-0.39, 0.29) is 29.1 Å². The van der Waals surface area contributed by atoms with Crippen molar-refractivity contribution in [2.24, 2.45) is 5.92 Å². The maximum atomic E-state index is 13.9. The quantitative estimate of drug-likeness (QED) is 0.256. The van der Waals surface area contributed by atoms with E-state index in [0.29, 0.717) is 16.4 Å². The number of carbonyl (C=O) groups excluding carboxylic acids is 3. The maximum absolute atomic E-state index is 13.9. The molecule has 2 unspecified atom stereocenters. The number of nitrogens with zero attached hydrogens (tertiary/aromatic N) is 2. The van der Waals surface area contributed by atoms with Crippen molar-refractivity contribution >= 4 is 74.3 Å². The first kappa shape index (κ1) is 25.9. The molecule has 3 amide bonds. The number of benzene rings is 3. The van der Waals surface area contributed by atoms with Crippen molar-refractivity contribution in [2.45, 2.75) is 29.7 Å². The zero-order valence-corrected chi connectivity index (χ0v) is 24.2. The molecule has 0 radical (unpaired) electrons. The minimum Gasteiger partial charge on any atom is -0.325 e. The van der Waals surface area contributed by atoms with E-state index in [2.05, 4.69) is 5.32 Å². The van der Waals surface area contributed by atoms with E-state index in [1.807, 2.05) is 79.0 Å². The number of imide groups is 1. The first-order chi connectivity index (χ1) is 19.9. The van der Waals surface area contributed by atoms with Gasteiger partial charge in [-0.2, -0.15) is 0 Å². The number of nitrogens with one attached hydrogen (secondary N) is 1. The number of thiophene rings is 1. The highest BCUT2D eigenvalue weighted by Crippen LogP contribution is 2.54. The first-order valence-corrected chi connectivity index (χ1v) is 15.6. The molecule has 1 fully saturated rings. The third-order valence-corrected chi connectivity index (χ3v) is 11.1. The van der Waals surface area contributed by atoms with Gasteiger partial charge in [0.2, 0.25) is 17.7 Å². The van der Waals surface area contributed by atoms with Crippen LogP contribution in [0.4, 0.5) is 11.4 Å². The van der Waals surface area contributed by atoms with Crippen molar-refractivity contribution in [2.75, 3.05) is 10.2 Å². The fourth-order valence-electron chi connectivity index (χ4n) is 5.59. The lowest BCUT2D eigenvalue weighted by Gasteiger charge is -2.29. The minimum atomic E-state index is -0.702. The molecule has 5 aromatic rings. The molecule has 0 aliphatic carbocycles. The molecule has 41 heavy (non-hydrogen) atoms. The number of hydrogen-bond donors (Lipinski definition) is 1. The molecule has 7 nitrogen and oxygen atoms in total. The summed E-state index contributed by atoms with van der Waals surface area (Å²) in [5, 5.41) is 6.79. The van der Waals surface area contributed by atoms with Gasteiger partial charge >= 0.3 is 4.87 Å². The zero-order valence-electron chi connectivity index (χ0n) is 21.8. The molecule has 1 N–H and O–H groups in total. The van der Waals surface area contributed by atoms with Gasteiger partial charge < -0.3 is 5.32 Å². The predicted molar refractivity (Wildman–Crippen MR) is 164 cm³/mol. The van der Waals surface area contributed by atoms with Crippen LogP contribution in [0.5, 0.6) is 0 Å². The van der Waals surface area contributed by atoms with Crippen LogP contribution in [0.25, 0.3) is 10.8 Å². The third kappa shape index (κ3) is 4.43. The molecule has 7 rings (SSSR count). The molecule has 2 aliphatic heterocycles. The molecule has 10 heteroatoms. The molecule has 204 valence electrons. The summed E-state index contributed by atoms with van der Waals surface area (Å²) in [7, 11) is 0. The molecular formula is C31H23N3O4S3. The van der Waals surface area contributed by atoms with E-state index in [0.717, 1.165) is 37.4 Å². The Morgan fingerprint density at radius 1 is 0.902 bits per heavy atom. The number of anilines is 2. The van der Waals surface area contributed by atoms with E-state index in [9.17, 15) is 19.2 Å². The van der Waals surface area contributed by atoms with Gasteiger partial charge in [0.15, 0.2) is 0 Å². The Labute approximate surface area is 247 Å². The Kier molecular flexibility index (Phi) is 6.41. The van der Waals surface area contributed by atoms with Crippen molar-refractivity contribution in [3.05, 3.63) is 109 Å². The van der Waals surface area contributed by atoms with Crippen LogP contribution in [0.3, 0.4) is 0 Å². The molecular weight excluding hydrogens is 575 g/mol. The standard InChI is InChI=1S/C31H23N3O4S3/c1-17-8-12-21(13-9-17)34-28(36)25-24(22-7-4-14-39-22)27-30(40-26(25)29(34)37)33(31(38)41-27)16-23(35)32-20-11-10-18-5-2-3-6-19(18)15-20/h2-15,24-26H,16H2,1H3,(H,32,35)/t24-,25?,26?/m1/s1. The third-order valence-electron chi connectivity index (χ3n) is 7.53. The highest BCUT2D eigenvalue weighted by Gasteiger charge is 2.57. The van der Waals surface area contributed by atoms with Gasteiger partial charge in [0, 0.05) is 21.4 Å². The van der Waals surface area contributed by atoms with Crippen LogP contribution < -0.4 is 15.1 Å². The molecule has 2 aromatic heterocycles. The number of carbonyl (C=O) groups is 3. The SMILES string of the molecule is Cc1ccc(N2C(=O)C3Sc4c(sc(=O)n4CC(=O)Nc4ccc5ccccc5c4)[C@H](c4cccs4)C3C2=O)cc1. The van der Waals surface area contributed by atoms with Crippen LogP contribution in [-0.2, 0) is 20.9 Å². The van der Waals surface area contributed by atoms with Gasteiger partial charge in [0.1, 0.15) is 11.8 Å². The van der Waals surface area contributed by atoms with E-state index < -0.39 is 17.1 Å². The lowest BCUT2D eigenvalue weighted by Crippen LogP contribution is -2.32. The van der Waals surface area contributed by atoms with Gasteiger partial charge in [-0.3, -0.25) is 23.7 Å². The number of thioether (sulfide) groups is 1. The summed E-state index contributed by atoms with van der Waals surface area (Å²) in [5.74, 6) is -1.98. The molecule has 2 aliphatic rings. The number of fused-ring (bicyclic) bond motifs is 3. The van der Waals surface area contributed by atoms with Gasteiger partial charge in [-0.05, 0) is 53.4 Å². The highest BCUT2D eigenvalue weighted by molar-refractivity contribution is 8.00. The van der Waals surface area contributed by atoms with Crippen molar-refractivity contribution in [1.82, 2.24) is 4.57 Å². The summed E-state index contributed by atoms with van der Waals surface area (Å²) in [5.41, 5.74) is 2.21. The van der Waals surface area contributed by atoms with Crippen molar-refractivity contribution in [3.63, 3.8) is 0 Å². The number of thiazole rings is 1. The average molecular weight is 598 g/mol. The van der Waals surface area contributed by atoms with Crippen LogP contribution in [0.2, 0.25) is 0 Å². The molecule has 0 spiro atoms. The minimum absolute atomic E-state index is 0.192. The fourth-order valence-corrected chi connectivity index (χ4v) is 9.31. The van der Waals surface area contributed by atoms with Gasteiger partial charge in [-0.1, -0.05) is 77.2 Å². The number of rotatable bonds is 5. The van der Waals surface area contributed by atoms with E-state index >= 15 is 0 Å². The number of hydrogen-bond acceptors (Lipinski definition) is 7. The van der Waals surface area contributed by atoms with Crippen LogP contribution in [0.15, 0.2) is 94.1 Å². The Bertz CT molecular complexity index is 1890. The predicted octanol–water partition coefficient (Wildman–Crippen LogP) is 5.87. The van der Waals surface area contributed by atoms with Gasteiger partial charge in [0.05, 0.1) is 16.6 Å². The van der Waals surface area contributed by atoms with E-state index in [1.165, 1.54) is 32.6 Å². The first-order valence-electron chi connectivity index (χ1n) is 13.1. The molecule has 4 heterocycles. The van der Waals surface area contributed by atoms with Crippen molar-refractivity contribution in [3.8, 4) is 0 Å². The van der Waals surface area contributed by atoms with Crippen LogP contribution in [0.1, 0.15) is 21.2 Å². The zero-order chi connectivity index (χ0) is 28.2. The Hall–Kier alpha value is -3.99. The van der Waals surface area contributed by atoms with Crippen LogP contribution in [0, 0.1) is 12.8 Å². The fraction of sp³-hybridized carbons (Fsp3) is 0.161. The molecule has 1 saturated heterocycles. The summed E-state index contributed by atoms with van der Waals surface area (Å²) >= 11 is 3.78. The molecule has 0 saturated carbocycles. The lowest BCUT2D eigenvalue weighted by atomic mass is 9.87. The summed E-state index contributed by atoms with van der Waals surface area (Å²) < 4.78 is 1.45. The van der Waals surface area contributed by atoms with Crippen LogP contribution in [-0.4, -0.2) is 27.5 Å². The average Bonchev–Trinajstić information content (AvgIpc) is 3.66. The largest absolute Gasteiger partial charge is 0.325 e. The van der Waals surface area contributed by atoms with Gasteiger partial charge in [-0.15, -0.1) is 11.3 Å². The molecule has 3 atom stereocenters. The summed E-state index contributed by atoms with van der Waals surface area (Å²) in [6, 6.07) is 24.7. The van der Waals surface area contributed by atoms with Gasteiger partial charge in [-0.25, -0.2) is 4.90 Å². The number of aromatic nitrogens is 1. The summed E-state index contributed by atoms with van der Waals surface area (Å²) in [4.78, 5) is 56.8. The van der Waals surface area contributed by atoms with Crippen molar-refractivity contribution in [1.29, 1.82) is 0 Å².